The van der Waals surface area contributed by atoms with Gasteiger partial charge in [0, 0.05) is 6.54 Å². The van der Waals surface area contributed by atoms with Crippen molar-refractivity contribution in [3.8, 4) is 0 Å². The molecule has 1 aromatic rings. The molecule has 0 unspecified atom stereocenters. The molecule has 128 valence electrons. The normalized spacial score (nSPS) is 20.0. The molecular weight excluding hydrogens is 313 g/mol. The van der Waals surface area contributed by atoms with Crippen LogP contribution in [0, 0.1) is 6.92 Å². The molecule has 5 nitrogen and oxygen atoms in total. The van der Waals surface area contributed by atoms with Gasteiger partial charge < -0.3 is 9.31 Å². The number of hydrogen-bond acceptors (Lipinski definition) is 4. The van der Waals surface area contributed by atoms with Gasteiger partial charge in [0.05, 0.1) is 16.1 Å². The molecule has 0 saturated carbocycles. The molecule has 0 atom stereocenters. The summed E-state index contributed by atoms with van der Waals surface area (Å²) in [6.45, 7) is 12.1. The van der Waals surface area contributed by atoms with Gasteiger partial charge in [-0.2, -0.15) is 0 Å². The quantitative estimate of drug-likeness (QED) is 0.833. The van der Waals surface area contributed by atoms with Crippen LogP contribution in [0.5, 0.6) is 0 Å². The van der Waals surface area contributed by atoms with E-state index in [9.17, 15) is 8.42 Å². The van der Waals surface area contributed by atoms with Gasteiger partial charge in [0.1, 0.15) is 0 Å². The highest BCUT2D eigenvalue weighted by molar-refractivity contribution is 7.89. The lowest BCUT2D eigenvalue weighted by molar-refractivity contribution is 0.00578. The second-order valence-electron chi connectivity index (χ2n) is 7.01. The number of nitrogens with one attached hydrogen (secondary N) is 1. The summed E-state index contributed by atoms with van der Waals surface area (Å²) >= 11 is 0. The standard InChI is InChI=1S/C16H26BNO4S/c1-7-10-18-23(19,20)14-9-8-13(11-12(14)2)17-21-15(3,4)16(5,6)22-17/h8-9,11,18H,7,10H2,1-6H3. The third kappa shape index (κ3) is 3.63. The highest BCUT2D eigenvalue weighted by atomic mass is 32.2. The number of aryl methyl sites for hydroxylation is 1. The van der Waals surface area contributed by atoms with Crippen LogP contribution in [0.1, 0.15) is 46.6 Å². The van der Waals surface area contributed by atoms with Crippen LogP contribution >= 0.6 is 0 Å². The molecule has 1 aliphatic heterocycles. The predicted octanol–water partition coefficient (Wildman–Crippen LogP) is 1.98. The topological polar surface area (TPSA) is 64.6 Å². The molecule has 0 amide bonds. The minimum absolute atomic E-state index is 0.297. The zero-order chi connectivity index (χ0) is 17.5. The molecule has 1 heterocycles. The fourth-order valence-corrected chi connectivity index (χ4v) is 3.77. The SMILES string of the molecule is CCCNS(=O)(=O)c1ccc(B2OC(C)(C)C(C)(C)O2)cc1C. The van der Waals surface area contributed by atoms with E-state index in [-0.39, 0.29) is 0 Å². The lowest BCUT2D eigenvalue weighted by atomic mass is 9.78. The molecule has 0 spiro atoms. The highest BCUT2D eigenvalue weighted by Gasteiger charge is 2.51. The van der Waals surface area contributed by atoms with Crippen molar-refractivity contribution in [1.29, 1.82) is 0 Å². The van der Waals surface area contributed by atoms with Gasteiger partial charge in [-0.25, -0.2) is 13.1 Å². The molecule has 1 aliphatic rings. The van der Waals surface area contributed by atoms with Crippen molar-refractivity contribution in [1.82, 2.24) is 4.72 Å². The number of hydrogen-bond donors (Lipinski definition) is 1. The van der Waals surface area contributed by atoms with Crippen LogP contribution in [-0.2, 0) is 19.3 Å². The Morgan fingerprint density at radius 3 is 2.17 bits per heavy atom. The average Bonchev–Trinajstić information content (AvgIpc) is 2.65. The van der Waals surface area contributed by atoms with Gasteiger partial charge in [-0.1, -0.05) is 19.1 Å². The van der Waals surface area contributed by atoms with Gasteiger partial charge in [-0.15, -0.1) is 0 Å². The van der Waals surface area contributed by atoms with Crippen molar-refractivity contribution in [2.24, 2.45) is 0 Å². The van der Waals surface area contributed by atoms with Gasteiger partial charge >= 0.3 is 7.12 Å². The summed E-state index contributed by atoms with van der Waals surface area (Å²) in [5, 5.41) is 0. The van der Waals surface area contributed by atoms with Gasteiger partial charge in [-0.3, -0.25) is 0 Å². The molecule has 1 aromatic carbocycles. The monoisotopic (exact) mass is 339 g/mol. The molecule has 0 bridgehead atoms. The molecule has 2 rings (SSSR count). The number of sulfonamides is 1. The van der Waals surface area contributed by atoms with E-state index in [1.807, 2.05) is 40.7 Å². The Morgan fingerprint density at radius 1 is 1.13 bits per heavy atom. The van der Waals surface area contributed by atoms with E-state index in [1.54, 1.807) is 19.1 Å². The molecule has 0 aromatic heterocycles. The molecular formula is C16H26BNO4S. The lowest BCUT2D eigenvalue weighted by Crippen LogP contribution is -2.41. The maximum absolute atomic E-state index is 12.3. The largest absolute Gasteiger partial charge is 0.494 e. The van der Waals surface area contributed by atoms with E-state index in [4.69, 9.17) is 9.31 Å². The zero-order valence-corrected chi connectivity index (χ0v) is 15.6. The Bertz CT molecular complexity index is 669. The first kappa shape index (κ1) is 18.5. The van der Waals surface area contributed by atoms with E-state index >= 15 is 0 Å². The van der Waals surface area contributed by atoms with Crippen molar-refractivity contribution in [3.05, 3.63) is 23.8 Å². The fourth-order valence-electron chi connectivity index (χ4n) is 2.41. The van der Waals surface area contributed by atoms with Crippen LogP contribution < -0.4 is 10.2 Å². The smallest absolute Gasteiger partial charge is 0.399 e. The van der Waals surface area contributed by atoms with Crippen LogP contribution in [0.3, 0.4) is 0 Å². The zero-order valence-electron chi connectivity index (χ0n) is 14.8. The first-order valence-electron chi connectivity index (χ1n) is 7.96. The Morgan fingerprint density at radius 2 is 1.70 bits per heavy atom. The van der Waals surface area contributed by atoms with Crippen LogP contribution in [0.4, 0.5) is 0 Å². The van der Waals surface area contributed by atoms with E-state index in [1.165, 1.54) is 0 Å². The Balaban J connectivity index is 2.28. The van der Waals surface area contributed by atoms with E-state index < -0.39 is 28.3 Å². The van der Waals surface area contributed by atoms with Crippen LogP contribution in [0.2, 0.25) is 0 Å². The summed E-state index contributed by atoms with van der Waals surface area (Å²) in [6.07, 6.45) is 0.754. The maximum Gasteiger partial charge on any atom is 0.494 e. The molecule has 1 N–H and O–H groups in total. The fraction of sp³-hybridized carbons (Fsp3) is 0.625. The van der Waals surface area contributed by atoms with Crippen molar-refractivity contribution >= 4 is 22.6 Å². The molecule has 0 aliphatic carbocycles. The third-order valence-electron chi connectivity index (χ3n) is 4.56. The van der Waals surface area contributed by atoms with Crippen molar-refractivity contribution in [2.75, 3.05) is 6.54 Å². The Hall–Kier alpha value is -0.885. The molecule has 1 fully saturated rings. The first-order chi connectivity index (χ1) is 10.5. The molecule has 23 heavy (non-hydrogen) atoms. The number of benzene rings is 1. The van der Waals surface area contributed by atoms with Crippen LogP contribution in [0.25, 0.3) is 0 Å². The summed E-state index contributed by atoms with van der Waals surface area (Å²) < 4.78 is 39.2. The maximum atomic E-state index is 12.3. The average molecular weight is 339 g/mol. The van der Waals surface area contributed by atoms with Crippen molar-refractivity contribution in [2.45, 2.75) is 64.1 Å². The summed E-state index contributed by atoms with van der Waals surface area (Å²) in [7, 11) is -3.96. The minimum atomic E-state index is -3.47. The van der Waals surface area contributed by atoms with Gasteiger partial charge in [0.15, 0.2) is 0 Å². The summed E-state index contributed by atoms with van der Waals surface area (Å²) in [5.41, 5.74) is 0.675. The number of rotatable bonds is 5. The van der Waals surface area contributed by atoms with Gasteiger partial charge in [-0.05, 0) is 58.1 Å². The highest BCUT2D eigenvalue weighted by Crippen LogP contribution is 2.36. The van der Waals surface area contributed by atoms with Crippen molar-refractivity contribution in [3.63, 3.8) is 0 Å². The Kier molecular flexibility index (Phi) is 4.98. The minimum Gasteiger partial charge on any atom is -0.399 e. The van der Waals surface area contributed by atoms with Crippen LogP contribution in [0.15, 0.2) is 23.1 Å². The summed E-state index contributed by atoms with van der Waals surface area (Å²) in [4.78, 5) is 0.297. The predicted molar refractivity (Wildman–Crippen MR) is 92.4 cm³/mol. The van der Waals surface area contributed by atoms with Gasteiger partial charge in [0.2, 0.25) is 10.0 Å². The molecule has 1 saturated heterocycles. The van der Waals surface area contributed by atoms with Crippen molar-refractivity contribution < 1.29 is 17.7 Å². The third-order valence-corrected chi connectivity index (χ3v) is 6.18. The lowest BCUT2D eigenvalue weighted by Gasteiger charge is -2.32. The summed E-state index contributed by atoms with van der Waals surface area (Å²) in [6, 6.07) is 5.20. The van der Waals surface area contributed by atoms with E-state index in [0.29, 0.717) is 17.0 Å². The summed E-state index contributed by atoms with van der Waals surface area (Å²) in [5.74, 6) is 0. The second kappa shape index (κ2) is 6.20. The first-order valence-corrected chi connectivity index (χ1v) is 9.44. The van der Waals surface area contributed by atoms with Gasteiger partial charge in [0.25, 0.3) is 0 Å². The second-order valence-corrected chi connectivity index (χ2v) is 8.75. The van der Waals surface area contributed by atoms with Crippen LogP contribution in [-0.4, -0.2) is 33.3 Å². The van der Waals surface area contributed by atoms with E-state index in [2.05, 4.69) is 4.72 Å². The molecule has 0 radical (unpaired) electrons. The Labute approximate surface area is 140 Å². The van der Waals surface area contributed by atoms with E-state index in [0.717, 1.165) is 11.9 Å². The molecule has 7 heteroatoms.